The van der Waals surface area contributed by atoms with Crippen LogP contribution in [-0.2, 0) is 7.05 Å². The highest BCUT2D eigenvalue weighted by Gasteiger charge is 2.08. The fourth-order valence-corrected chi connectivity index (χ4v) is 2.74. The van der Waals surface area contributed by atoms with E-state index in [4.69, 9.17) is 0 Å². The second-order valence-electron chi connectivity index (χ2n) is 4.67. The summed E-state index contributed by atoms with van der Waals surface area (Å²) < 4.78 is 2.25. The number of aryl methyl sites for hydroxylation is 1. The topological polar surface area (TPSA) is 17.8 Å². The summed E-state index contributed by atoms with van der Waals surface area (Å²) in [6.45, 7) is 0. The predicted octanol–water partition coefficient (Wildman–Crippen LogP) is 3.88. The van der Waals surface area contributed by atoms with E-state index in [1.54, 1.807) is 0 Å². The number of pyridine rings is 1. The molecule has 2 aromatic heterocycles. The van der Waals surface area contributed by atoms with E-state index >= 15 is 0 Å². The molecular formula is C16H12N2. The molecule has 0 saturated carbocycles. The van der Waals surface area contributed by atoms with Gasteiger partial charge in [-0.3, -0.25) is 4.98 Å². The summed E-state index contributed by atoms with van der Waals surface area (Å²) in [6.07, 6.45) is 3.77. The third-order valence-corrected chi connectivity index (χ3v) is 3.67. The van der Waals surface area contributed by atoms with Crippen molar-refractivity contribution < 1.29 is 0 Å². The van der Waals surface area contributed by atoms with Crippen molar-refractivity contribution >= 4 is 32.6 Å². The molecule has 0 amide bonds. The van der Waals surface area contributed by atoms with Crippen LogP contribution < -0.4 is 0 Å². The Hall–Kier alpha value is -2.35. The van der Waals surface area contributed by atoms with E-state index in [0.29, 0.717) is 0 Å². The minimum absolute atomic E-state index is 1.20. The first-order chi connectivity index (χ1) is 8.84. The quantitative estimate of drug-likeness (QED) is 0.450. The van der Waals surface area contributed by atoms with Crippen LogP contribution in [0.1, 0.15) is 0 Å². The summed E-state index contributed by atoms with van der Waals surface area (Å²) in [5.41, 5.74) is 2.55. The molecule has 86 valence electrons. The van der Waals surface area contributed by atoms with Gasteiger partial charge in [0.25, 0.3) is 0 Å². The van der Waals surface area contributed by atoms with Crippen LogP contribution in [0.4, 0.5) is 0 Å². The molecule has 0 fully saturated rings. The molecule has 2 nitrogen and oxygen atoms in total. The number of fused-ring (bicyclic) bond motifs is 4. The summed E-state index contributed by atoms with van der Waals surface area (Å²) in [7, 11) is 2.12. The molecule has 0 bridgehead atoms. The van der Waals surface area contributed by atoms with Gasteiger partial charge in [0.15, 0.2) is 0 Å². The molecular weight excluding hydrogens is 220 g/mol. The first-order valence-electron chi connectivity index (χ1n) is 6.05. The zero-order chi connectivity index (χ0) is 12.1. The number of hydrogen-bond donors (Lipinski definition) is 0. The number of benzene rings is 2. The van der Waals surface area contributed by atoms with E-state index in [0.717, 1.165) is 0 Å². The fraction of sp³-hybridized carbons (Fsp3) is 0.0625. The summed E-state index contributed by atoms with van der Waals surface area (Å²) in [4.78, 5) is 4.20. The van der Waals surface area contributed by atoms with Gasteiger partial charge < -0.3 is 4.57 Å². The van der Waals surface area contributed by atoms with Crippen molar-refractivity contribution in [2.75, 3.05) is 0 Å². The number of hydrogen-bond acceptors (Lipinski definition) is 1. The molecule has 0 aliphatic carbocycles. The molecule has 0 saturated heterocycles. The molecule has 0 unspecified atom stereocenters. The molecule has 0 aliphatic heterocycles. The summed E-state index contributed by atoms with van der Waals surface area (Å²) in [5.74, 6) is 0. The molecule has 2 heteroatoms. The Bertz CT molecular complexity index is 887. The van der Waals surface area contributed by atoms with Crippen molar-refractivity contribution in [3.05, 3.63) is 54.9 Å². The molecule has 4 aromatic rings. The molecule has 0 N–H and O–H groups in total. The third-order valence-electron chi connectivity index (χ3n) is 3.67. The van der Waals surface area contributed by atoms with Gasteiger partial charge in [0.2, 0.25) is 0 Å². The van der Waals surface area contributed by atoms with Gasteiger partial charge in [-0.05, 0) is 29.7 Å². The lowest BCUT2D eigenvalue weighted by Gasteiger charge is -2.00. The number of nitrogens with zero attached hydrogens (tertiary/aromatic N) is 2. The minimum Gasteiger partial charge on any atom is -0.344 e. The van der Waals surface area contributed by atoms with Gasteiger partial charge in [-0.15, -0.1) is 0 Å². The Kier molecular flexibility index (Phi) is 1.78. The van der Waals surface area contributed by atoms with Gasteiger partial charge >= 0.3 is 0 Å². The van der Waals surface area contributed by atoms with Gasteiger partial charge in [0.05, 0.1) is 0 Å². The lowest BCUT2D eigenvalue weighted by Crippen LogP contribution is -1.86. The van der Waals surface area contributed by atoms with E-state index in [2.05, 4.69) is 59.1 Å². The normalized spacial score (nSPS) is 11.6. The first-order valence-corrected chi connectivity index (χ1v) is 6.05. The highest BCUT2D eigenvalue weighted by Crippen LogP contribution is 2.30. The second-order valence-corrected chi connectivity index (χ2v) is 4.67. The van der Waals surface area contributed by atoms with Crippen LogP contribution in [0, 0.1) is 0 Å². The van der Waals surface area contributed by atoms with Crippen molar-refractivity contribution in [1.82, 2.24) is 9.55 Å². The van der Waals surface area contributed by atoms with Crippen LogP contribution in [0.25, 0.3) is 32.6 Å². The average molecular weight is 232 g/mol. The fourth-order valence-electron chi connectivity index (χ4n) is 2.74. The minimum atomic E-state index is 1.20. The predicted molar refractivity (Wildman–Crippen MR) is 75.7 cm³/mol. The maximum Gasteiger partial charge on any atom is 0.0495 e. The first kappa shape index (κ1) is 9.66. The van der Waals surface area contributed by atoms with Crippen molar-refractivity contribution in [1.29, 1.82) is 0 Å². The zero-order valence-corrected chi connectivity index (χ0v) is 10.1. The van der Waals surface area contributed by atoms with E-state index in [9.17, 15) is 0 Å². The van der Waals surface area contributed by atoms with E-state index in [-0.39, 0.29) is 0 Å². The lowest BCUT2D eigenvalue weighted by atomic mass is 10.1. The summed E-state index contributed by atoms with van der Waals surface area (Å²) >= 11 is 0. The van der Waals surface area contributed by atoms with Gasteiger partial charge in [-0.2, -0.15) is 0 Å². The Morgan fingerprint density at radius 1 is 0.889 bits per heavy atom. The molecule has 4 rings (SSSR count). The third kappa shape index (κ3) is 1.15. The van der Waals surface area contributed by atoms with Crippen molar-refractivity contribution in [2.45, 2.75) is 0 Å². The molecule has 0 radical (unpaired) electrons. The van der Waals surface area contributed by atoms with Crippen LogP contribution in [0.5, 0.6) is 0 Å². The second kappa shape index (κ2) is 3.33. The Morgan fingerprint density at radius 3 is 2.72 bits per heavy atom. The van der Waals surface area contributed by atoms with Crippen LogP contribution in [0.15, 0.2) is 54.9 Å². The maximum atomic E-state index is 4.20. The monoisotopic (exact) mass is 232 g/mol. The summed E-state index contributed by atoms with van der Waals surface area (Å²) in [6, 6.07) is 15.1. The highest BCUT2D eigenvalue weighted by atomic mass is 14.9. The SMILES string of the molecule is Cn1c2ccccc2c2cc3cnccc3cc21. The van der Waals surface area contributed by atoms with Gasteiger partial charge in [0.1, 0.15) is 0 Å². The molecule has 0 aliphatic rings. The molecule has 18 heavy (non-hydrogen) atoms. The van der Waals surface area contributed by atoms with Gasteiger partial charge in [-0.1, -0.05) is 18.2 Å². The van der Waals surface area contributed by atoms with E-state index in [1.807, 2.05) is 12.4 Å². The van der Waals surface area contributed by atoms with Gasteiger partial charge in [0, 0.05) is 46.6 Å². The van der Waals surface area contributed by atoms with E-state index < -0.39 is 0 Å². The molecule has 2 heterocycles. The van der Waals surface area contributed by atoms with Crippen molar-refractivity contribution in [3.63, 3.8) is 0 Å². The smallest absolute Gasteiger partial charge is 0.0495 e. The van der Waals surface area contributed by atoms with Crippen LogP contribution >= 0.6 is 0 Å². The average Bonchev–Trinajstić information content (AvgIpc) is 2.71. The lowest BCUT2D eigenvalue weighted by molar-refractivity contribution is 1.02. The van der Waals surface area contributed by atoms with Gasteiger partial charge in [-0.25, -0.2) is 0 Å². The van der Waals surface area contributed by atoms with Crippen molar-refractivity contribution in [3.8, 4) is 0 Å². The zero-order valence-electron chi connectivity index (χ0n) is 10.1. The molecule has 0 spiro atoms. The standard InChI is InChI=1S/C16H12N2/c1-18-15-5-3-2-4-13(15)14-8-12-10-17-7-6-11(12)9-16(14)18/h2-10H,1H3. The summed E-state index contributed by atoms with van der Waals surface area (Å²) in [5, 5.41) is 5.04. The Labute approximate surface area is 104 Å². The number of aromatic nitrogens is 2. The largest absolute Gasteiger partial charge is 0.344 e. The Balaban J connectivity index is 2.32. The molecule has 0 atom stereocenters. The number of para-hydroxylation sites is 1. The Morgan fingerprint density at radius 2 is 1.78 bits per heavy atom. The van der Waals surface area contributed by atoms with Crippen LogP contribution in [-0.4, -0.2) is 9.55 Å². The van der Waals surface area contributed by atoms with Crippen LogP contribution in [0.2, 0.25) is 0 Å². The molecule has 2 aromatic carbocycles. The number of rotatable bonds is 0. The van der Waals surface area contributed by atoms with E-state index in [1.165, 1.54) is 32.6 Å². The maximum absolute atomic E-state index is 4.20. The van der Waals surface area contributed by atoms with Crippen molar-refractivity contribution in [2.24, 2.45) is 7.05 Å². The highest BCUT2D eigenvalue weighted by molar-refractivity contribution is 6.12. The van der Waals surface area contributed by atoms with Crippen LogP contribution in [0.3, 0.4) is 0 Å².